The van der Waals surface area contributed by atoms with Crippen LogP contribution in [0, 0.1) is 6.92 Å². The summed E-state index contributed by atoms with van der Waals surface area (Å²) in [6, 6.07) is 10.3. The van der Waals surface area contributed by atoms with Crippen molar-refractivity contribution in [2.45, 2.75) is 39.2 Å². The van der Waals surface area contributed by atoms with Gasteiger partial charge in [-0.25, -0.2) is 9.37 Å². The van der Waals surface area contributed by atoms with Gasteiger partial charge in [0.2, 0.25) is 5.88 Å². The molecule has 0 aliphatic carbocycles. The van der Waals surface area contributed by atoms with E-state index in [4.69, 9.17) is 15.2 Å². The second-order valence-corrected chi connectivity index (χ2v) is 6.38. The molecule has 1 aliphatic rings. The minimum absolute atomic E-state index is 0.201. The lowest BCUT2D eigenvalue weighted by molar-refractivity contribution is -0.0603. The number of hydrogen-bond acceptors (Lipinski definition) is 4. The highest BCUT2D eigenvalue weighted by Gasteiger charge is 2.25. The minimum Gasteiger partial charge on any atom is -0.472 e. The molecule has 0 bridgehead atoms. The van der Waals surface area contributed by atoms with Crippen molar-refractivity contribution in [2.75, 3.05) is 6.61 Å². The van der Waals surface area contributed by atoms with Gasteiger partial charge in [-0.15, -0.1) is 0 Å². The number of nitrogens with zero attached hydrogens (tertiary/aromatic N) is 1. The summed E-state index contributed by atoms with van der Waals surface area (Å²) in [4.78, 5) is 4.50. The van der Waals surface area contributed by atoms with Crippen LogP contribution in [0.4, 0.5) is 4.39 Å². The summed E-state index contributed by atoms with van der Waals surface area (Å²) in [7, 11) is 0. The van der Waals surface area contributed by atoms with Crippen LogP contribution in [0.2, 0.25) is 0 Å². The highest BCUT2D eigenvalue weighted by Crippen LogP contribution is 2.36. The maximum atomic E-state index is 12.9. The fourth-order valence-electron chi connectivity index (χ4n) is 2.92. The summed E-state index contributed by atoms with van der Waals surface area (Å²) in [6.45, 7) is 7.40. The molecule has 0 saturated carbocycles. The summed E-state index contributed by atoms with van der Waals surface area (Å²) in [5.41, 5.74) is 11.2. The maximum Gasteiger partial charge on any atom is 0.218 e. The molecule has 0 spiro atoms. The number of aromatic nitrogens is 1. The Labute approximate surface area is 147 Å². The van der Waals surface area contributed by atoms with Crippen molar-refractivity contribution >= 4 is 5.70 Å². The number of aryl methyl sites for hydroxylation is 1. The molecular formula is C20H23FN2O2. The quantitative estimate of drug-likeness (QED) is 0.892. The number of pyridine rings is 1. The SMILES string of the molecule is C=C(N)c1cc(-c2ccc(C)cc2)c2c(n1)OC(COC(C)F)CC2. The molecule has 2 atom stereocenters. The van der Waals surface area contributed by atoms with E-state index in [-0.39, 0.29) is 12.7 Å². The first kappa shape index (κ1) is 17.4. The van der Waals surface area contributed by atoms with Gasteiger partial charge in [-0.3, -0.25) is 0 Å². The van der Waals surface area contributed by atoms with Crippen LogP contribution in [0.3, 0.4) is 0 Å². The van der Waals surface area contributed by atoms with Crippen LogP contribution < -0.4 is 10.5 Å². The Hall–Kier alpha value is -2.40. The van der Waals surface area contributed by atoms with E-state index in [1.54, 1.807) is 0 Å². The van der Waals surface area contributed by atoms with Gasteiger partial charge >= 0.3 is 0 Å². The number of fused-ring (bicyclic) bond motifs is 1. The van der Waals surface area contributed by atoms with Crippen molar-refractivity contribution in [1.29, 1.82) is 0 Å². The van der Waals surface area contributed by atoms with Crippen molar-refractivity contribution in [3.63, 3.8) is 0 Å². The predicted molar refractivity (Wildman–Crippen MR) is 96.9 cm³/mol. The molecule has 1 aromatic carbocycles. The van der Waals surface area contributed by atoms with E-state index >= 15 is 0 Å². The van der Waals surface area contributed by atoms with E-state index in [1.807, 2.05) is 6.07 Å². The molecular weight excluding hydrogens is 319 g/mol. The smallest absolute Gasteiger partial charge is 0.218 e. The maximum absolute atomic E-state index is 12.9. The number of nitrogens with two attached hydrogens (primary N) is 1. The van der Waals surface area contributed by atoms with E-state index in [0.29, 0.717) is 17.3 Å². The fraction of sp³-hybridized carbons (Fsp3) is 0.350. The van der Waals surface area contributed by atoms with Crippen LogP contribution in [-0.2, 0) is 11.2 Å². The van der Waals surface area contributed by atoms with Crippen LogP contribution in [0.15, 0.2) is 36.9 Å². The summed E-state index contributed by atoms with van der Waals surface area (Å²) in [6.07, 6.45) is 0.0161. The zero-order valence-electron chi connectivity index (χ0n) is 14.6. The number of hydrogen-bond donors (Lipinski definition) is 1. The Morgan fingerprint density at radius 3 is 2.80 bits per heavy atom. The first-order valence-corrected chi connectivity index (χ1v) is 8.42. The Morgan fingerprint density at radius 2 is 2.16 bits per heavy atom. The van der Waals surface area contributed by atoms with Crippen molar-refractivity contribution in [2.24, 2.45) is 5.73 Å². The van der Waals surface area contributed by atoms with Crippen LogP contribution in [0.25, 0.3) is 16.8 Å². The first-order valence-electron chi connectivity index (χ1n) is 8.42. The Morgan fingerprint density at radius 1 is 1.44 bits per heavy atom. The average Bonchev–Trinajstić information content (AvgIpc) is 2.59. The molecule has 5 heteroatoms. The second kappa shape index (κ2) is 7.23. The molecule has 25 heavy (non-hydrogen) atoms. The van der Waals surface area contributed by atoms with Gasteiger partial charge in [0.1, 0.15) is 6.10 Å². The molecule has 0 fully saturated rings. The zero-order chi connectivity index (χ0) is 18.0. The van der Waals surface area contributed by atoms with Gasteiger partial charge in [0.15, 0.2) is 6.36 Å². The molecule has 2 unspecified atom stereocenters. The standard InChI is InChI=1S/C20H23FN2O2/c1-12-4-6-15(7-5-12)18-10-19(13(2)22)23-20-17(18)9-8-16(25-20)11-24-14(3)21/h4-7,10,14,16H,2,8-9,11,22H2,1,3H3. The minimum atomic E-state index is -1.31. The first-order chi connectivity index (χ1) is 11.9. The van der Waals surface area contributed by atoms with Crippen molar-refractivity contribution in [1.82, 2.24) is 4.98 Å². The number of benzene rings is 1. The lowest BCUT2D eigenvalue weighted by Crippen LogP contribution is -2.29. The molecule has 0 amide bonds. The number of ether oxygens (including phenoxy) is 2. The van der Waals surface area contributed by atoms with Gasteiger partial charge in [-0.05, 0) is 43.9 Å². The number of alkyl halides is 1. The van der Waals surface area contributed by atoms with E-state index < -0.39 is 6.36 Å². The zero-order valence-corrected chi connectivity index (χ0v) is 14.6. The predicted octanol–water partition coefficient (Wildman–Crippen LogP) is 4.01. The monoisotopic (exact) mass is 342 g/mol. The second-order valence-electron chi connectivity index (χ2n) is 6.38. The molecule has 0 saturated heterocycles. The highest BCUT2D eigenvalue weighted by atomic mass is 19.1. The van der Waals surface area contributed by atoms with Crippen molar-refractivity contribution in [3.8, 4) is 17.0 Å². The lowest BCUT2D eigenvalue weighted by Gasteiger charge is -2.27. The molecule has 132 valence electrons. The molecule has 2 N–H and O–H groups in total. The van der Waals surface area contributed by atoms with E-state index in [2.05, 4.69) is 42.8 Å². The van der Waals surface area contributed by atoms with Crippen LogP contribution in [0.5, 0.6) is 5.88 Å². The molecule has 2 heterocycles. The van der Waals surface area contributed by atoms with Crippen molar-refractivity contribution < 1.29 is 13.9 Å². The topological polar surface area (TPSA) is 57.4 Å². The highest BCUT2D eigenvalue weighted by molar-refractivity contribution is 5.74. The molecule has 1 aromatic heterocycles. The Balaban J connectivity index is 1.97. The average molecular weight is 342 g/mol. The molecule has 2 aromatic rings. The molecule has 1 aliphatic heterocycles. The van der Waals surface area contributed by atoms with E-state index in [9.17, 15) is 4.39 Å². The third kappa shape index (κ3) is 3.99. The third-order valence-electron chi connectivity index (χ3n) is 4.28. The van der Waals surface area contributed by atoms with Crippen molar-refractivity contribution in [3.05, 3.63) is 53.7 Å². The normalized spacial score (nSPS) is 17.5. The largest absolute Gasteiger partial charge is 0.472 e. The third-order valence-corrected chi connectivity index (χ3v) is 4.28. The summed E-state index contributed by atoms with van der Waals surface area (Å²) in [5, 5.41) is 0. The molecule has 3 rings (SSSR count). The summed E-state index contributed by atoms with van der Waals surface area (Å²) in [5.74, 6) is 0.533. The lowest BCUT2D eigenvalue weighted by atomic mass is 9.94. The van der Waals surface area contributed by atoms with Crippen LogP contribution >= 0.6 is 0 Å². The van der Waals surface area contributed by atoms with Gasteiger partial charge in [0.05, 0.1) is 18.0 Å². The van der Waals surface area contributed by atoms with Gasteiger partial charge in [-0.1, -0.05) is 36.4 Å². The molecule has 4 nitrogen and oxygen atoms in total. The van der Waals surface area contributed by atoms with Gasteiger partial charge in [0, 0.05) is 5.56 Å². The van der Waals surface area contributed by atoms with Crippen LogP contribution in [-0.4, -0.2) is 24.1 Å². The van der Waals surface area contributed by atoms with Gasteiger partial charge in [-0.2, -0.15) is 0 Å². The Kier molecular flexibility index (Phi) is 5.04. The van der Waals surface area contributed by atoms with Gasteiger partial charge in [0.25, 0.3) is 0 Å². The fourth-order valence-corrected chi connectivity index (χ4v) is 2.92. The molecule has 0 radical (unpaired) electrons. The summed E-state index contributed by atoms with van der Waals surface area (Å²) < 4.78 is 23.9. The number of halogens is 1. The number of rotatable bonds is 5. The van der Waals surface area contributed by atoms with Crippen LogP contribution in [0.1, 0.15) is 30.2 Å². The van der Waals surface area contributed by atoms with E-state index in [0.717, 1.165) is 29.5 Å². The van der Waals surface area contributed by atoms with Gasteiger partial charge < -0.3 is 15.2 Å². The summed E-state index contributed by atoms with van der Waals surface area (Å²) >= 11 is 0. The Bertz CT molecular complexity index is 772. The van der Waals surface area contributed by atoms with E-state index in [1.165, 1.54) is 12.5 Å².